The number of nitrogens with one attached hydrogen (secondary N) is 2. The van der Waals surface area contributed by atoms with Crippen molar-refractivity contribution in [3.05, 3.63) is 82.4 Å². The van der Waals surface area contributed by atoms with Gasteiger partial charge in [0.15, 0.2) is 11.7 Å². The number of carbonyl (C=O) groups is 2. The molecule has 8 N–H and O–H groups in total. The van der Waals surface area contributed by atoms with Crippen molar-refractivity contribution in [2.45, 2.75) is 70.5 Å². The number of benzene rings is 3. The highest BCUT2D eigenvalue weighted by Gasteiger charge is 2.54. The molecule has 3 aromatic carbocycles. The molecule has 418 valence electrons. The summed E-state index contributed by atoms with van der Waals surface area (Å²) in [5, 5.41) is 34.7. The van der Waals surface area contributed by atoms with Crippen molar-refractivity contribution in [2.75, 3.05) is 99.1 Å². The van der Waals surface area contributed by atoms with Gasteiger partial charge in [0.2, 0.25) is 0 Å². The Kier molecular flexibility index (Phi) is 25.9. The highest BCUT2D eigenvalue weighted by atomic mass is 31.2. The average Bonchev–Trinajstić information content (AvgIpc) is 3.66. The summed E-state index contributed by atoms with van der Waals surface area (Å²) in [6.07, 6.45) is 2.66. The molecule has 5 atom stereocenters. The monoisotopic (exact) mass is 1120 g/mol. The van der Waals surface area contributed by atoms with Crippen molar-refractivity contribution < 1.29 is 104 Å². The molecule has 5 rings (SSSR count). The number of hydrogen-bond acceptors (Lipinski definition) is 20. The molecule has 2 heterocycles. The van der Waals surface area contributed by atoms with Gasteiger partial charge in [-0.25, -0.2) is 13.9 Å². The molecule has 1 spiro atoms. The van der Waals surface area contributed by atoms with Gasteiger partial charge in [0.1, 0.15) is 23.0 Å². The number of phosphoric acid groups is 2. The molecule has 0 radical (unpaired) electrons. The quantitative estimate of drug-likeness (QED) is 0.0134. The van der Waals surface area contributed by atoms with Crippen LogP contribution in [0.15, 0.2) is 54.6 Å². The number of phenols is 2. The number of aliphatic hydroxyl groups excluding tert-OH is 1. The Morgan fingerprint density at radius 3 is 1.85 bits per heavy atom. The van der Waals surface area contributed by atoms with Crippen LogP contribution < -0.4 is 15.4 Å². The molecule has 0 saturated heterocycles. The second-order valence-electron chi connectivity index (χ2n) is 17.4. The van der Waals surface area contributed by atoms with Gasteiger partial charge in [0, 0.05) is 58.0 Å². The van der Waals surface area contributed by atoms with Crippen LogP contribution in [0.2, 0.25) is 0 Å². The number of hydrogen-bond donors (Lipinski definition) is 8. The van der Waals surface area contributed by atoms with Crippen LogP contribution in [0.5, 0.6) is 23.0 Å². The van der Waals surface area contributed by atoms with Crippen LogP contribution in [0.4, 0.5) is 0 Å². The number of ether oxygens (including phenoxy) is 6. The van der Waals surface area contributed by atoms with Gasteiger partial charge in [-0.1, -0.05) is 39.2 Å². The van der Waals surface area contributed by atoms with Gasteiger partial charge in [-0.05, 0) is 74.5 Å². The Bertz CT molecular complexity index is 2340. The molecule has 0 saturated carbocycles. The molecule has 2 aliphatic heterocycles. The lowest BCUT2D eigenvalue weighted by Gasteiger charge is -2.36. The molecule has 24 nitrogen and oxygen atoms in total. The summed E-state index contributed by atoms with van der Waals surface area (Å²) in [6.45, 7) is 4.78. The van der Waals surface area contributed by atoms with Gasteiger partial charge in [0.25, 0.3) is 5.91 Å². The first-order valence-electron chi connectivity index (χ1n) is 24.7. The smallest absolute Gasteiger partial charge is 0.508 e. The van der Waals surface area contributed by atoms with Crippen molar-refractivity contribution in [2.24, 2.45) is 11.8 Å². The Labute approximate surface area is 436 Å². The summed E-state index contributed by atoms with van der Waals surface area (Å²) in [5.41, 5.74) is 0.0421. The number of phosphoric ester groups is 2. The molecule has 75 heavy (non-hydrogen) atoms. The van der Waals surface area contributed by atoms with Crippen molar-refractivity contribution in [3.63, 3.8) is 0 Å². The molecule has 3 aromatic rings. The molecule has 0 bridgehead atoms. The molecule has 0 aromatic heterocycles. The van der Waals surface area contributed by atoms with E-state index in [2.05, 4.69) is 10.6 Å². The van der Waals surface area contributed by atoms with Gasteiger partial charge in [-0.3, -0.25) is 28.2 Å². The normalized spacial score (nSPS) is 16.0. The third-order valence-electron chi connectivity index (χ3n) is 12.1. The molecule has 2 aliphatic rings. The molecule has 0 aliphatic carbocycles. The lowest BCUT2D eigenvalue weighted by molar-refractivity contribution is -0.0223. The van der Waals surface area contributed by atoms with Crippen molar-refractivity contribution in [1.29, 1.82) is 0 Å². The van der Waals surface area contributed by atoms with Crippen LogP contribution in [0, 0.1) is 11.8 Å². The van der Waals surface area contributed by atoms with E-state index in [0.29, 0.717) is 68.9 Å². The number of unbranched alkanes of at least 4 members (excludes halogenated alkanes) is 1. The summed E-state index contributed by atoms with van der Waals surface area (Å²) in [5.74, 6) is -1.48. The number of esters is 1. The minimum absolute atomic E-state index is 0.0294. The number of aromatic hydroxyl groups is 2. The van der Waals surface area contributed by atoms with Gasteiger partial charge in [-0.2, -0.15) is 0 Å². The Morgan fingerprint density at radius 2 is 1.25 bits per heavy atom. The van der Waals surface area contributed by atoms with Crippen LogP contribution in [-0.2, 0) is 65.6 Å². The van der Waals surface area contributed by atoms with Gasteiger partial charge >= 0.3 is 29.9 Å². The number of aliphatic hydroxyl groups is 1. The summed E-state index contributed by atoms with van der Waals surface area (Å²) in [4.78, 5) is 57.4. The maximum Gasteiger partial charge on any atom is 0.695 e. The van der Waals surface area contributed by atoms with Crippen LogP contribution in [0.3, 0.4) is 0 Å². The highest BCUT2D eigenvalue weighted by Crippen LogP contribution is 2.57. The predicted octanol–water partition coefficient (Wildman–Crippen LogP) is 6.31. The largest absolute Gasteiger partial charge is 0.695 e. The number of rotatable bonds is 39. The molecular formula is C48H70N2O22P3+. The number of fused-ring (bicyclic) bond motifs is 6. The maximum absolute atomic E-state index is 13.6. The molecule has 1 amide bonds. The van der Waals surface area contributed by atoms with Crippen molar-refractivity contribution >= 4 is 35.8 Å². The molecule has 5 unspecified atom stereocenters. The van der Waals surface area contributed by atoms with E-state index in [9.17, 15) is 48.2 Å². The highest BCUT2D eigenvalue weighted by molar-refractivity contribution is 7.47. The summed E-state index contributed by atoms with van der Waals surface area (Å²) < 4.78 is 96.9. The summed E-state index contributed by atoms with van der Waals surface area (Å²) in [6, 6.07) is 13.3. The van der Waals surface area contributed by atoms with Crippen molar-refractivity contribution in [1.82, 2.24) is 10.6 Å². The zero-order valence-electron chi connectivity index (χ0n) is 42.0. The zero-order valence-corrected chi connectivity index (χ0v) is 44.7. The topological polar surface area (TPSA) is 332 Å². The van der Waals surface area contributed by atoms with E-state index in [0.717, 1.165) is 19.3 Å². The number of amides is 1. The Morgan fingerprint density at radius 1 is 0.680 bits per heavy atom. The maximum atomic E-state index is 13.6. The van der Waals surface area contributed by atoms with Crippen molar-refractivity contribution in [3.8, 4) is 23.0 Å². The fourth-order valence-electron chi connectivity index (χ4n) is 8.10. The second kappa shape index (κ2) is 31.4. The van der Waals surface area contributed by atoms with Crippen LogP contribution in [0.1, 0.15) is 96.2 Å². The van der Waals surface area contributed by atoms with Gasteiger partial charge in [-0.15, -0.1) is 9.42 Å². The lowest BCUT2D eigenvalue weighted by atomic mass is 9.77. The van der Waals surface area contributed by atoms with E-state index in [4.69, 9.17) is 56.1 Å². The van der Waals surface area contributed by atoms with E-state index in [1.165, 1.54) is 36.4 Å². The molecule has 0 fully saturated rings. The van der Waals surface area contributed by atoms with E-state index >= 15 is 0 Å². The minimum atomic E-state index is -4.87. The van der Waals surface area contributed by atoms with Crippen LogP contribution in [0.25, 0.3) is 0 Å². The minimum Gasteiger partial charge on any atom is -0.508 e. The third-order valence-corrected chi connectivity index (χ3v) is 14.5. The van der Waals surface area contributed by atoms with Gasteiger partial charge < -0.3 is 58.8 Å². The van der Waals surface area contributed by atoms with Crippen LogP contribution in [-0.4, -0.2) is 147 Å². The number of phenolic OH excluding ortho intramolecular Hbond substituents is 2. The zero-order chi connectivity index (χ0) is 54.3. The van der Waals surface area contributed by atoms with E-state index in [1.54, 1.807) is 18.2 Å². The first-order valence-corrected chi connectivity index (χ1v) is 28.8. The Balaban J connectivity index is 1.10. The van der Waals surface area contributed by atoms with Crippen LogP contribution >= 0.6 is 23.9 Å². The standard InChI is InChI=1S/C48H69N2O22P3/c1-3-34(4-2)15-19-66-74(58,59)67-29-35(30-68-75(60,61)69-32-39(72-73(56)57)31-65-25-24-64-23-22-63-21-20-62-18-7-16-49-33-51)8-5-6-17-50-46(54)36-9-12-41-40(26-36)47(55)71-48(41)42-13-10-37(52)27-44(42)70-45-28-38(53)11-14-43(45)48/h9-14,26-28,34-35,39,49,51H,3-8,15-25,29-33H2,1-2H3,(H5-,50,52,53,54,56,57,58,59,60,61)/p+1. The van der Waals surface area contributed by atoms with E-state index < -0.39 is 73.2 Å². The molecule has 27 heteroatoms. The number of carbonyl (C=O) groups excluding carboxylic acids is 2. The van der Waals surface area contributed by atoms with E-state index in [-0.39, 0.29) is 92.8 Å². The van der Waals surface area contributed by atoms with Gasteiger partial charge in [0.05, 0.1) is 85.0 Å². The average molecular weight is 1120 g/mol. The lowest BCUT2D eigenvalue weighted by Crippen LogP contribution is -2.33. The fourth-order valence-corrected chi connectivity index (χ4v) is 10.1. The SMILES string of the molecule is CCC(CC)CCOP(=O)(O)OCC(CCCCNC(=O)c1ccc2c(c1)C(=O)OC21c2ccc(O)cc2Oc2cc(O)ccc21)COP(=O)(O)OCC(COCCOCCOCCOCCCNCO)O[P+](=O)O. The molecular weight excluding hydrogens is 1050 g/mol. The fraction of sp³-hybridized carbons (Fsp3) is 0.583. The Hall–Kier alpha value is -4.00. The predicted molar refractivity (Wildman–Crippen MR) is 268 cm³/mol. The third kappa shape index (κ3) is 19.8. The summed E-state index contributed by atoms with van der Waals surface area (Å²) in [7, 11) is -12.6. The summed E-state index contributed by atoms with van der Waals surface area (Å²) >= 11 is 0. The van der Waals surface area contributed by atoms with E-state index in [1.807, 2.05) is 13.8 Å². The second-order valence-corrected chi connectivity index (χ2v) is 21.0. The first-order chi connectivity index (χ1) is 36.0. The first kappa shape index (κ1) is 61.8.